The van der Waals surface area contributed by atoms with Crippen LogP contribution in [0.2, 0.25) is 0 Å². The van der Waals surface area contributed by atoms with Gasteiger partial charge in [-0.15, -0.1) is 0 Å². The van der Waals surface area contributed by atoms with Crippen LogP contribution in [0.25, 0.3) is 0 Å². The molecule has 17 heavy (non-hydrogen) atoms. The van der Waals surface area contributed by atoms with Gasteiger partial charge in [-0.25, -0.2) is 9.97 Å². The zero-order chi connectivity index (χ0) is 11.5. The standard InChI is InChI=1S/C13H12N4/c1-2-12(17-13-4-6-15-9-16-13)7-10-3-5-14-8-11(1)10/h1-2,4,6-9H,3,5H2,(H,15,16,17). The molecule has 0 saturated heterocycles. The van der Waals surface area contributed by atoms with E-state index in [1.54, 1.807) is 6.20 Å². The van der Waals surface area contributed by atoms with E-state index < -0.39 is 0 Å². The van der Waals surface area contributed by atoms with E-state index in [4.69, 9.17) is 0 Å². The van der Waals surface area contributed by atoms with Crippen LogP contribution in [-0.4, -0.2) is 22.7 Å². The second-order valence-electron chi connectivity index (χ2n) is 3.92. The Hall–Kier alpha value is -2.23. The van der Waals surface area contributed by atoms with Crippen LogP contribution in [0.1, 0.15) is 11.1 Å². The van der Waals surface area contributed by atoms with Gasteiger partial charge in [0.1, 0.15) is 12.1 Å². The quantitative estimate of drug-likeness (QED) is 0.850. The Morgan fingerprint density at radius 1 is 1.18 bits per heavy atom. The van der Waals surface area contributed by atoms with Crippen LogP contribution in [0.3, 0.4) is 0 Å². The number of nitrogens with one attached hydrogen (secondary N) is 1. The van der Waals surface area contributed by atoms with Crippen LogP contribution < -0.4 is 5.32 Å². The molecule has 0 aliphatic carbocycles. The number of hydrogen-bond donors (Lipinski definition) is 1. The van der Waals surface area contributed by atoms with E-state index in [1.807, 2.05) is 18.3 Å². The van der Waals surface area contributed by atoms with Gasteiger partial charge in [-0.05, 0) is 35.7 Å². The molecule has 4 heteroatoms. The van der Waals surface area contributed by atoms with Crippen molar-refractivity contribution in [1.82, 2.24) is 9.97 Å². The van der Waals surface area contributed by atoms with E-state index in [0.29, 0.717) is 0 Å². The minimum atomic E-state index is 0.810. The summed E-state index contributed by atoms with van der Waals surface area (Å²) in [6.07, 6.45) is 6.20. The molecule has 1 aromatic heterocycles. The molecule has 0 radical (unpaired) electrons. The molecular formula is C13H12N4. The summed E-state index contributed by atoms with van der Waals surface area (Å²) in [5, 5.41) is 3.26. The average Bonchev–Trinajstić information content (AvgIpc) is 2.40. The van der Waals surface area contributed by atoms with Crippen molar-refractivity contribution in [3.05, 3.63) is 47.9 Å². The lowest BCUT2D eigenvalue weighted by Crippen LogP contribution is -2.03. The van der Waals surface area contributed by atoms with Crippen molar-refractivity contribution in [3.8, 4) is 0 Å². The van der Waals surface area contributed by atoms with Crippen LogP contribution in [0.4, 0.5) is 11.5 Å². The van der Waals surface area contributed by atoms with Gasteiger partial charge >= 0.3 is 0 Å². The maximum atomic E-state index is 4.27. The first-order chi connectivity index (χ1) is 8.42. The summed E-state index contributed by atoms with van der Waals surface area (Å²) >= 11 is 0. The van der Waals surface area contributed by atoms with Gasteiger partial charge < -0.3 is 5.32 Å². The molecule has 0 amide bonds. The van der Waals surface area contributed by atoms with Crippen molar-refractivity contribution >= 4 is 17.7 Å². The number of fused-ring (bicyclic) bond motifs is 1. The molecule has 2 aromatic rings. The number of nitrogens with zero attached hydrogens (tertiary/aromatic N) is 3. The van der Waals surface area contributed by atoms with Crippen LogP contribution >= 0.6 is 0 Å². The molecule has 0 saturated carbocycles. The highest BCUT2D eigenvalue weighted by molar-refractivity contribution is 5.84. The Morgan fingerprint density at radius 2 is 2.18 bits per heavy atom. The van der Waals surface area contributed by atoms with E-state index in [9.17, 15) is 0 Å². The van der Waals surface area contributed by atoms with E-state index in [2.05, 4.69) is 32.4 Å². The predicted molar refractivity (Wildman–Crippen MR) is 67.9 cm³/mol. The Morgan fingerprint density at radius 3 is 3.06 bits per heavy atom. The maximum absolute atomic E-state index is 4.27. The van der Waals surface area contributed by atoms with Crippen LogP contribution in [-0.2, 0) is 6.42 Å². The van der Waals surface area contributed by atoms with Crippen molar-refractivity contribution in [2.75, 3.05) is 11.9 Å². The molecule has 1 N–H and O–H groups in total. The average molecular weight is 224 g/mol. The van der Waals surface area contributed by atoms with Crippen LogP contribution in [0, 0.1) is 0 Å². The fourth-order valence-corrected chi connectivity index (χ4v) is 1.89. The lowest BCUT2D eigenvalue weighted by Gasteiger charge is -2.12. The largest absolute Gasteiger partial charge is 0.340 e. The lowest BCUT2D eigenvalue weighted by molar-refractivity contribution is 0.953. The Bertz CT molecular complexity index is 549. The van der Waals surface area contributed by atoms with Crippen molar-refractivity contribution in [1.29, 1.82) is 0 Å². The molecule has 1 aliphatic heterocycles. The van der Waals surface area contributed by atoms with E-state index in [-0.39, 0.29) is 0 Å². The topological polar surface area (TPSA) is 50.2 Å². The molecule has 1 aromatic carbocycles. The highest BCUT2D eigenvalue weighted by Gasteiger charge is 2.06. The minimum Gasteiger partial charge on any atom is -0.340 e. The fraction of sp³-hybridized carbons (Fsp3) is 0.154. The Balaban J connectivity index is 1.87. The van der Waals surface area contributed by atoms with Gasteiger partial charge in [-0.2, -0.15) is 0 Å². The molecule has 84 valence electrons. The first-order valence-electron chi connectivity index (χ1n) is 5.57. The molecule has 0 fully saturated rings. The van der Waals surface area contributed by atoms with E-state index in [0.717, 1.165) is 24.5 Å². The van der Waals surface area contributed by atoms with Crippen molar-refractivity contribution < 1.29 is 0 Å². The Labute approximate surface area is 99.5 Å². The number of anilines is 2. The van der Waals surface area contributed by atoms with Gasteiger partial charge in [0.05, 0.1) is 0 Å². The van der Waals surface area contributed by atoms with Gasteiger partial charge in [0.15, 0.2) is 0 Å². The molecule has 0 bridgehead atoms. The van der Waals surface area contributed by atoms with E-state index in [1.165, 1.54) is 17.5 Å². The van der Waals surface area contributed by atoms with E-state index >= 15 is 0 Å². The third-order valence-corrected chi connectivity index (χ3v) is 2.74. The van der Waals surface area contributed by atoms with Gasteiger partial charge in [0, 0.05) is 24.6 Å². The molecule has 0 unspecified atom stereocenters. The molecule has 0 atom stereocenters. The smallest absolute Gasteiger partial charge is 0.133 e. The number of aromatic nitrogens is 2. The fourth-order valence-electron chi connectivity index (χ4n) is 1.89. The normalized spacial score (nSPS) is 13.2. The molecule has 4 nitrogen and oxygen atoms in total. The maximum Gasteiger partial charge on any atom is 0.133 e. The van der Waals surface area contributed by atoms with Gasteiger partial charge in [-0.3, -0.25) is 4.99 Å². The summed E-state index contributed by atoms with van der Waals surface area (Å²) in [5.74, 6) is 0.810. The number of benzene rings is 1. The SMILES string of the molecule is C1=NCCc2cc(Nc3ccncn3)ccc21. The minimum absolute atomic E-state index is 0.810. The predicted octanol–water partition coefficient (Wildman–Crippen LogP) is 2.20. The van der Waals surface area contributed by atoms with Gasteiger partial charge in [0.2, 0.25) is 0 Å². The third kappa shape index (κ3) is 2.15. The first kappa shape index (κ1) is 9.96. The monoisotopic (exact) mass is 224 g/mol. The summed E-state index contributed by atoms with van der Waals surface area (Å²) in [7, 11) is 0. The molecule has 1 aliphatic rings. The van der Waals surface area contributed by atoms with Gasteiger partial charge in [0.25, 0.3) is 0 Å². The Kier molecular flexibility index (Phi) is 2.54. The molecule has 0 spiro atoms. The highest BCUT2D eigenvalue weighted by Crippen LogP contribution is 2.20. The summed E-state index contributed by atoms with van der Waals surface area (Å²) < 4.78 is 0. The second kappa shape index (κ2) is 4.33. The van der Waals surface area contributed by atoms with Crippen LogP contribution in [0.5, 0.6) is 0 Å². The molecule has 2 heterocycles. The number of hydrogen-bond acceptors (Lipinski definition) is 4. The van der Waals surface area contributed by atoms with Gasteiger partial charge in [-0.1, -0.05) is 6.07 Å². The number of rotatable bonds is 2. The van der Waals surface area contributed by atoms with Crippen molar-refractivity contribution in [2.45, 2.75) is 6.42 Å². The molecule has 3 rings (SSSR count). The zero-order valence-corrected chi connectivity index (χ0v) is 9.30. The zero-order valence-electron chi connectivity index (χ0n) is 9.30. The van der Waals surface area contributed by atoms with Crippen molar-refractivity contribution in [2.24, 2.45) is 4.99 Å². The number of aliphatic imine (C=N–C) groups is 1. The summed E-state index contributed by atoms with van der Waals surface area (Å²) in [6.45, 7) is 0.879. The lowest BCUT2D eigenvalue weighted by atomic mass is 10.0. The van der Waals surface area contributed by atoms with Crippen LogP contribution in [0.15, 0.2) is 41.8 Å². The summed E-state index contributed by atoms with van der Waals surface area (Å²) in [5.41, 5.74) is 3.60. The summed E-state index contributed by atoms with van der Waals surface area (Å²) in [4.78, 5) is 12.3. The van der Waals surface area contributed by atoms with Crippen molar-refractivity contribution in [3.63, 3.8) is 0 Å². The second-order valence-corrected chi connectivity index (χ2v) is 3.92. The molecular weight excluding hydrogens is 212 g/mol. The third-order valence-electron chi connectivity index (χ3n) is 2.74. The first-order valence-corrected chi connectivity index (χ1v) is 5.57. The highest BCUT2D eigenvalue weighted by atomic mass is 15.0. The summed E-state index contributed by atoms with van der Waals surface area (Å²) in [6, 6.07) is 8.13.